The van der Waals surface area contributed by atoms with E-state index in [-0.39, 0.29) is 36.7 Å². The van der Waals surface area contributed by atoms with E-state index in [1.807, 2.05) is 13.8 Å². The van der Waals surface area contributed by atoms with E-state index < -0.39 is 11.9 Å². The van der Waals surface area contributed by atoms with Crippen molar-refractivity contribution in [1.82, 2.24) is 10.6 Å². The maximum absolute atomic E-state index is 12.8. The number of Topliss-reactive ketones (excluding diaryl/α,β-unsaturated/α-hetero) is 1. The highest BCUT2D eigenvalue weighted by Crippen LogP contribution is 2.19. The Balaban J connectivity index is 2.80. The lowest BCUT2D eigenvalue weighted by Crippen LogP contribution is -2.40. The number of hydrogen-bond acceptors (Lipinski definition) is 6. The van der Waals surface area contributed by atoms with Gasteiger partial charge in [-0.25, -0.2) is 4.79 Å². The maximum atomic E-state index is 12.8. The number of amides is 3. The molecule has 0 spiro atoms. The van der Waals surface area contributed by atoms with Gasteiger partial charge in [0.1, 0.15) is 6.61 Å². The molecule has 9 heteroatoms. The minimum Gasteiger partial charge on any atom is -0.463 e. The molecule has 0 aliphatic heterocycles. The molecule has 1 aromatic rings. The van der Waals surface area contributed by atoms with E-state index in [0.717, 1.165) is 5.56 Å². The summed E-state index contributed by atoms with van der Waals surface area (Å²) >= 11 is 0. The summed E-state index contributed by atoms with van der Waals surface area (Å²) in [6.45, 7) is 4.75. The molecule has 0 radical (unpaired) electrons. The molecule has 5 N–H and O–H groups in total. The van der Waals surface area contributed by atoms with E-state index in [1.54, 1.807) is 31.3 Å². The van der Waals surface area contributed by atoms with E-state index in [4.69, 9.17) is 10.5 Å². The zero-order valence-electron chi connectivity index (χ0n) is 17.8. The fourth-order valence-corrected chi connectivity index (χ4v) is 3.18. The van der Waals surface area contributed by atoms with Gasteiger partial charge in [0.2, 0.25) is 5.91 Å². The van der Waals surface area contributed by atoms with Crippen molar-refractivity contribution in [3.63, 3.8) is 0 Å². The van der Waals surface area contributed by atoms with Crippen molar-refractivity contribution in [3.05, 3.63) is 29.8 Å². The van der Waals surface area contributed by atoms with Crippen LogP contribution in [0.15, 0.2) is 24.3 Å². The van der Waals surface area contributed by atoms with Crippen LogP contribution in [0.2, 0.25) is 0 Å². The average molecular weight is 421 g/mol. The number of urea groups is 1. The van der Waals surface area contributed by atoms with Gasteiger partial charge < -0.3 is 26.4 Å². The molecule has 30 heavy (non-hydrogen) atoms. The molecule has 2 atom stereocenters. The highest BCUT2D eigenvalue weighted by atomic mass is 16.5. The number of nitrogens with two attached hydrogens (primary N) is 1. The molecule has 0 fully saturated rings. The summed E-state index contributed by atoms with van der Waals surface area (Å²) in [5.41, 5.74) is 6.44. The van der Waals surface area contributed by atoms with Gasteiger partial charge in [-0.2, -0.15) is 0 Å². The molecular weight excluding hydrogens is 388 g/mol. The quantitative estimate of drug-likeness (QED) is 0.266. The predicted molar refractivity (Wildman–Crippen MR) is 114 cm³/mol. The third-order valence-corrected chi connectivity index (χ3v) is 4.71. The summed E-state index contributed by atoms with van der Waals surface area (Å²) in [5, 5.41) is 8.33. The largest absolute Gasteiger partial charge is 0.463 e. The van der Waals surface area contributed by atoms with Gasteiger partial charge in [-0.05, 0) is 43.5 Å². The van der Waals surface area contributed by atoms with Crippen LogP contribution in [0.4, 0.5) is 10.5 Å². The van der Waals surface area contributed by atoms with Crippen LogP contribution >= 0.6 is 0 Å². The first-order chi connectivity index (χ1) is 14.3. The van der Waals surface area contributed by atoms with Gasteiger partial charge in [-0.15, -0.1) is 0 Å². The van der Waals surface area contributed by atoms with E-state index in [1.165, 1.54) is 0 Å². The van der Waals surface area contributed by atoms with Crippen molar-refractivity contribution in [2.24, 2.45) is 17.6 Å². The lowest BCUT2D eigenvalue weighted by molar-refractivity contribution is -0.129. The molecule has 0 saturated carbocycles. The Morgan fingerprint density at radius 3 is 2.37 bits per heavy atom. The third kappa shape index (κ3) is 9.04. The highest BCUT2D eigenvalue weighted by Gasteiger charge is 2.27. The van der Waals surface area contributed by atoms with E-state index >= 15 is 0 Å². The number of anilines is 1. The van der Waals surface area contributed by atoms with Crippen LogP contribution in [0.1, 0.15) is 38.7 Å². The van der Waals surface area contributed by atoms with Gasteiger partial charge in [-0.1, -0.05) is 26.0 Å². The van der Waals surface area contributed by atoms with E-state index in [2.05, 4.69) is 16.0 Å². The predicted octanol–water partition coefficient (Wildman–Crippen LogP) is 1.57. The Morgan fingerprint density at radius 2 is 1.83 bits per heavy atom. The van der Waals surface area contributed by atoms with Crippen molar-refractivity contribution in [2.75, 3.05) is 18.9 Å². The molecule has 0 aromatic heterocycles. The summed E-state index contributed by atoms with van der Waals surface area (Å²) in [4.78, 5) is 46.6. The minimum atomic E-state index is -0.624. The summed E-state index contributed by atoms with van der Waals surface area (Å²) in [6.07, 6.45) is 1.04. The first-order valence-electron chi connectivity index (χ1n) is 9.96. The van der Waals surface area contributed by atoms with Crippen LogP contribution in [0.25, 0.3) is 0 Å². The SMILES string of the molecule is CNC(C(=O)C[C@@H](CCCNC(N)=O)C(=O)Nc1ccc(COC=O)cc1)C(C)C. The van der Waals surface area contributed by atoms with E-state index in [9.17, 15) is 19.2 Å². The lowest BCUT2D eigenvalue weighted by Gasteiger charge is -2.22. The van der Waals surface area contributed by atoms with Crippen LogP contribution in [0.5, 0.6) is 0 Å². The fraction of sp³-hybridized carbons (Fsp3) is 0.524. The lowest BCUT2D eigenvalue weighted by atomic mass is 9.89. The molecule has 166 valence electrons. The zero-order chi connectivity index (χ0) is 22.5. The van der Waals surface area contributed by atoms with Gasteiger partial charge in [0.05, 0.1) is 6.04 Å². The van der Waals surface area contributed by atoms with Crippen molar-refractivity contribution in [2.45, 2.75) is 45.8 Å². The standard InChI is InChI=1S/C21H32N4O5/c1-14(2)19(23-3)18(27)11-16(5-4-10-24-21(22)29)20(28)25-17-8-6-15(7-9-17)12-30-13-26/h6-9,13-14,16,19,23H,4-5,10-12H2,1-3H3,(H,25,28)(H3,22,24,29)/t16-,19?/m1/s1. The number of likely N-dealkylation sites (N-methyl/N-ethyl adjacent to an activating group) is 1. The summed E-state index contributed by atoms with van der Waals surface area (Å²) in [6, 6.07) is 5.94. The summed E-state index contributed by atoms with van der Waals surface area (Å²) in [5.74, 6) is -0.737. The van der Waals surface area contributed by atoms with Crippen molar-refractivity contribution in [1.29, 1.82) is 0 Å². The van der Waals surface area contributed by atoms with E-state index in [0.29, 0.717) is 31.5 Å². The zero-order valence-corrected chi connectivity index (χ0v) is 17.8. The number of benzene rings is 1. The van der Waals surface area contributed by atoms with Crippen LogP contribution < -0.4 is 21.7 Å². The molecule has 1 rings (SSSR count). The first-order valence-corrected chi connectivity index (χ1v) is 9.96. The topological polar surface area (TPSA) is 140 Å². The second-order valence-corrected chi connectivity index (χ2v) is 7.40. The van der Waals surface area contributed by atoms with Crippen LogP contribution in [0, 0.1) is 11.8 Å². The molecule has 0 aliphatic carbocycles. The molecular formula is C21H32N4O5. The van der Waals surface area contributed by atoms with Gasteiger partial charge >= 0.3 is 6.03 Å². The number of carbonyl (C=O) groups is 4. The number of nitrogens with one attached hydrogen (secondary N) is 3. The van der Waals surface area contributed by atoms with Gasteiger partial charge in [-0.3, -0.25) is 14.4 Å². The average Bonchev–Trinajstić information content (AvgIpc) is 2.69. The van der Waals surface area contributed by atoms with Crippen LogP contribution in [0.3, 0.4) is 0 Å². The fourth-order valence-electron chi connectivity index (χ4n) is 3.18. The van der Waals surface area contributed by atoms with Crippen molar-refractivity contribution < 1.29 is 23.9 Å². The Morgan fingerprint density at radius 1 is 1.17 bits per heavy atom. The van der Waals surface area contributed by atoms with Gasteiger partial charge in [0, 0.05) is 24.6 Å². The minimum absolute atomic E-state index is 0.0307. The Bertz CT molecular complexity index is 706. The van der Waals surface area contributed by atoms with Crippen molar-refractivity contribution >= 4 is 29.9 Å². The number of rotatable bonds is 14. The van der Waals surface area contributed by atoms with Gasteiger partial charge in [0.15, 0.2) is 5.78 Å². The van der Waals surface area contributed by atoms with Gasteiger partial charge in [0.25, 0.3) is 6.47 Å². The second kappa shape index (κ2) is 13.3. The molecule has 0 aliphatic rings. The number of carbonyl (C=O) groups excluding carboxylic acids is 4. The van der Waals surface area contributed by atoms with Crippen LogP contribution in [-0.4, -0.2) is 43.8 Å². The molecule has 3 amide bonds. The second-order valence-electron chi connectivity index (χ2n) is 7.40. The first kappa shape index (κ1) is 25.1. The summed E-state index contributed by atoms with van der Waals surface area (Å²) in [7, 11) is 1.73. The third-order valence-electron chi connectivity index (χ3n) is 4.71. The highest BCUT2D eigenvalue weighted by molar-refractivity contribution is 5.96. The maximum Gasteiger partial charge on any atom is 0.312 e. The van der Waals surface area contributed by atoms with Crippen molar-refractivity contribution in [3.8, 4) is 0 Å². The Kier molecular flexibility index (Phi) is 11.1. The van der Waals surface area contributed by atoms with Crippen LogP contribution in [-0.2, 0) is 25.7 Å². The molecule has 0 heterocycles. The molecule has 0 bridgehead atoms. The number of hydrogen-bond donors (Lipinski definition) is 4. The number of ether oxygens (including phenoxy) is 1. The number of primary amides is 1. The molecule has 1 unspecified atom stereocenters. The Hall–Kier alpha value is -2.94. The smallest absolute Gasteiger partial charge is 0.312 e. The Labute approximate surface area is 177 Å². The normalized spacial score (nSPS) is 12.7. The summed E-state index contributed by atoms with van der Waals surface area (Å²) < 4.78 is 4.70. The number of ketones is 1. The molecule has 1 aromatic carbocycles. The molecule has 0 saturated heterocycles. The monoisotopic (exact) mass is 420 g/mol. The molecule has 9 nitrogen and oxygen atoms in total.